The first kappa shape index (κ1) is 16.0. The molecule has 0 saturated heterocycles. The Balaban J connectivity index is 2.44. The fourth-order valence-corrected chi connectivity index (χ4v) is 2.36. The van der Waals surface area contributed by atoms with E-state index in [1.54, 1.807) is 11.3 Å². The van der Waals surface area contributed by atoms with Crippen molar-refractivity contribution in [2.24, 2.45) is 10.9 Å². The lowest BCUT2D eigenvalue weighted by Gasteiger charge is -2.15. The van der Waals surface area contributed by atoms with Crippen molar-refractivity contribution in [3.05, 3.63) is 22.4 Å². The fraction of sp³-hybridized carbons (Fsp3) is 0.643. The predicted molar refractivity (Wildman–Crippen MR) is 83.0 cm³/mol. The predicted octanol–water partition coefficient (Wildman–Crippen LogP) is 2.04. The molecule has 1 aromatic rings. The van der Waals surface area contributed by atoms with Gasteiger partial charge in [-0.3, -0.25) is 4.99 Å². The van der Waals surface area contributed by atoms with Crippen LogP contribution in [0.5, 0.6) is 0 Å². The molecule has 0 aromatic carbocycles. The Morgan fingerprint density at radius 2 is 2.21 bits per heavy atom. The quantitative estimate of drug-likeness (QED) is 0.530. The number of aliphatic hydroxyl groups excluding tert-OH is 1. The number of hydrogen-bond donors (Lipinski definition) is 3. The van der Waals surface area contributed by atoms with Gasteiger partial charge in [0.2, 0.25) is 0 Å². The van der Waals surface area contributed by atoms with Crippen molar-refractivity contribution in [2.45, 2.75) is 26.7 Å². The Morgan fingerprint density at radius 3 is 2.79 bits per heavy atom. The Bertz CT molecular complexity index is 365. The number of thiophene rings is 1. The average molecular weight is 283 g/mol. The summed E-state index contributed by atoms with van der Waals surface area (Å²) < 4.78 is 0. The number of hydrogen-bond acceptors (Lipinski definition) is 3. The van der Waals surface area contributed by atoms with Crippen LogP contribution in [0.25, 0.3) is 0 Å². The van der Waals surface area contributed by atoms with Gasteiger partial charge in [-0.2, -0.15) is 0 Å². The van der Waals surface area contributed by atoms with E-state index in [0.29, 0.717) is 12.5 Å². The topological polar surface area (TPSA) is 56.7 Å². The van der Waals surface area contributed by atoms with E-state index < -0.39 is 0 Å². The molecule has 0 aliphatic carbocycles. The molecule has 4 nitrogen and oxygen atoms in total. The molecule has 1 aromatic heterocycles. The van der Waals surface area contributed by atoms with Crippen molar-refractivity contribution in [2.75, 3.05) is 26.2 Å². The minimum atomic E-state index is 0.175. The van der Waals surface area contributed by atoms with Crippen LogP contribution in [0.2, 0.25) is 0 Å². The van der Waals surface area contributed by atoms with Gasteiger partial charge in [0, 0.05) is 37.0 Å². The second-order valence-electron chi connectivity index (χ2n) is 4.80. The van der Waals surface area contributed by atoms with E-state index in [9.17, 15) is 0 Å². The maximum Gasteiger partial charge on any atom is 0.191 e. The van der Waals surface area contributed by atoms with Crippen molar-refractivity contribution in [1.29, 1.82) is 0 Å². The summed E-state index contributed by atoms with van der Waals surface area (Å²) in [5.41, 5.74) is 0. The number of guanidine groups is 1. The van der Waals surface area contributed by atoms with Gasteiger partial charge in [-0.15, -0.1) is 11.3 Å². The summed E-state index contributed by atoms with van der Waals surface area (Å²) in [5.74, 6) is 1.50. The van der Waals surface area contributed by atoms with Crippen LogP contribution in [-0.4, -0.2) is 37.3 Å². The first-order valence-corrected chi connectivity index (χ1v) is 7.71. The number of nitrogens with one attached hydrogen (secondary N) is 2. The summed E-state index contributed by atoms with van der Waals surface area (Å²) in [6.07, 6.45) is 0. The average Bonchev–Trinajstić information content (AvgIpc) is 2.95. The Hall–Kier alpha value is -1.07. The zero-order valence-electron chi connectivity index (χ0n) is 12.0. The Labute approximate surface area is 120 Å². The van der Waals surface area contributed by atoms with E-state index in [-0.39, 0.29) is 12.5 Å². The fourth-order valence-electron chi connectivity index (χ4n) is 1.57. The lowest BCUT2D eigenvalue weighted by molar-refractivity contribution is 0.241. The van der Waals surface area contributed by atoms with E-state index in [1.807, 2.05) is 6.92 Å². The van der Waals surface area contributed by atoms with Gasteiger partial charge in [0.15, 0.2) is 5.96 Å². The molecular formula is C14H25N3OS. The highest BCUT2D eigenvalue weighted by atomic mass is 32.1. The minimum absolute atomic E-state index is 0.175. The maximum atomic E-state index is 9.01. The molecule has 0 fully saturated rings. The van der Waals surface area contributed by atoms with E-state index in [2.05, 4.69) is 47.0 Å². The van der Waals surface area contributed by atoms with Gasteiger partial charge in [-0.05, 0) is 24.3 Å². The van der Waals surface area contributed by atoms with E-state index in [1.165, 1.54) is 4.88 Å². The third kappa shape index (κ3) is 6.07. The summed E-state index contributed by atoms with van der Waals surface area (Å²) in [6.45, 7) is 8.76. The van der Waals surface area contributed by atoms with E-state index in [0.717, 1.165) is 19.0 Å². The number of rotatable bonds is 7. The molecule has 5 heteroatoms. The van der Waals surface area contributed by atoms with Crippen molar-refractivity contribution < 1.29 is 5.11 Å². The van der Waals surface area contributed by atoms with Crippen LogP contribution in [0, 0.1) is 5.92 Å². The lowest BCUT2D eigenvalue weighted by atomic mass is 10.1. The highest BCUT2D eigenvalue weighted by molar-refractivity contribution is 7.10. The summed E-state index contributed by atoms with van der Waals surface area (Å²) in [4.78, 5) is 5.86. The van der Waals surface area contributed by atoms with Crippen LogP contribution in [0.1, 0.15) is 31.6 Å². The summed E-state index contributed by atoms with van der Waals surface area (Å²) in [6, 6.07) is 4.24. The van der Waals surface area contributed by atoms with Crippen LogP contribution < -0.4 is 10.6 Å². The van der Waals surface area contributed by atoms with Crippen LogP contribution in [0.4, 0.5) is 0 Å². The second kappa shape index (κ2) is 8.93. The maximum absolute atomic E-state index is 9.01. The minimum Gasteiger partial charge on any atom is -0.396 e. The first-order chi connectivity index (χ1) is 9.17. The second-order valence-corrected chi connectivity index (χ2v) is 5.78. The molecule has 2 unspecified atom stereocenters. The van der Waals surface area contributed by atoms with Gasteiger partial charge in [-0.1, -0.05) is 19.9 Å². The standard InChI is InChI=1S/C14H25N3OS/c1-4-15-14(16-8-11(2)10-18)17-9-12(3)13-6-5-7-19-13/h5-7,11-12,18H,4,8-10H2,1-3H3,(H2,15,16,17). The SMILES string of the molecule is CCNC(=NCC(C)CO)NCC(C)c1cccs1. The van der Waals surface area contributed by atoms with Crippen molar-refractivity contribution in [1.82, 2.24) is 10.6 Å². The summed E-state index contributed by atoms with van der Waals surface area (Å²) >= 11 is 1.78. The molecule has 0 saturated carbocycles. The van der Waals surface area contributed by atoms with Gasteiger partial charge in [0.25, 0.3) is 0 Å². The highest BCUT2D eigenvalue weighted by Gasteiger charge is 2.07. The molecule has 0 aliphatic heterocycles. The first-order valence-electron chi connectivity index (χ1n) is 6.83. The molecule has 0 bridgehead atoms. The third-order valence-electron chi connectivity index (χ3n) is 2.82. The van der Waals surface area contributed by atoms with Crippen molar-refractivity contribution >= 4 is 17.3 Å². The Morgan fingerprint density at radius 1 is 1.42 bits per heavy atom. The molecule has 0 amide bonds. The van der Waals surface area contributed by atoms with Crippen molar-refractivity contribution in [3.8, 4) is 0 Å². The van der Waals surface area contributed by atoms with E-state index >= 15 is 0 Å². The third-order valence-corrected chi connectivity index (χ3v) is 3.93. The van der Waals surface area contributed by atoms with Crippen LogP contribution in [-0.2, 0) is 0 Å². The molecule has 0 spiro atoms. The monoisotopic (exact) mass is 283 g/mol. The molecule has 108 valence electrons. The number of aliphatic imine (C=N–C) groups is 1. The molecule has 19 heavy (non-hydrogen) atoms. The number of nitrogens with zero attached hydrogens (tertiary/aromatic N) is 1. The smallest absolute Gasteiger partial charge is 0.191 e. The van der Waals surface area contributed by atoms with Gasteiger partial charge in [0.05, 0.1) is 0 Å². The van der Waals surface area contributed by atoms with Crippen LogP contribution in [0.15, 0.2) is 22.5 Å². The van der Waals surface area contributed by atoms with E-state index in [4.69, 9.17) is 5.11 Å². The molecule has 1 rings (SSSR count). The molecule has 1 heterocycles. The molecule has 3 N–H and O–H groups in total. The van der Waals surface area contributed by atoms with Gasteiger partial charge >= 0.3 is 0 Å². The van der Waals surface area contributed by atoms with Gasteiger partial charge < -0.3 is 15.7 Å². The lowest BCUT2D eigenvalue weighted by Crippen LogP contribution is -2.39. The zero-order valence-corrected chi connectivity index (χ0v) is 12.8. The normalized spacial score (nSPS) is 15.1. The highest BCUT2D eigenvalue weighted by Crippen LogP contribution is 2.19. The number of aliphatic hydroxyl groups is 1. The zero-order chi connectivity index (χ0) is 14.1. The Kier molecular flexibility index (Phi) is 7.52. The largest absolute Gasteiger partial charge is 0.396 e. The van der Waals surface area contributed by atoms with Crippen LogP contribution in [0.3, 0.4) is 0 Å². The van der Waals surface area contributed by atoms with Gasteiger partial charge in [0.1, 0.15) is 0 Å². The molecule has 0 radical (unpaired) electrons. The summed E-state index contributed by atoms with van der Waals surface area (Å²) in [7, 11) is 0. The van der Waals surface area contributed by atoms with Crippen LogP contribution >= 0.6 is 11.3 Å². The summed E-state index contributed by atoms with van der Waals surface area (Å²) in [5, 5.41) is 17.7. The molecular weight excluding hydrogens is 258 g/mol. The molecule has 0 aliphatic rings. The molecule has 2 atom stereocenters. The van der Waals surface area contributed by atoms with Crippen molar-refractivity contribution in [3.63, 3.8) is 0 Å². The van der Waals surface area contributed by atoms with Gasteiger partial charge in [-0.25, -0.2) is 0 Å².